The smallest absolute Gasteiger partial charge is 0.237 e. The normalized spacial score (nSPS) is 23.6. The van der Waals surface area contributed by atoms with Crippen molar-refractivity contribution in [2.45, 2.75) is 48.8 Å². The highest BCUT2D eigenvalue weighted by molar-refractivity contribution is 14.1. The molecule has 10 heteroatoms. The number of pyridine rings is 1. The van der Waals surface area contributed by atoms with Crippen LogP contribution in [0.4, 0.5) is 8.78 Å². The molecule has 0 saturated carbocycles. The van der Waals surface area contributed by atoms with Gasteiger partial charge in [-0.25, -0.2) is 13.8 Å². The maximum absolute atomic E-state index is 15.3. The standard InChI is InChI=1S/C24H27F2IN4O3/c1-24(2)18-12(7-28-22-15(18)5-14(29-22)11-30-9-13(27)10-30)8-31(23(24)32)21-19(25)16(33-3)6-17(34-4)20(21)26/h5,7,13,16H,6,8-11H2,1-4H3,(H,28,29). The average Bonchev–Trinajstić information content (AvgIpc) is 3.18. The first kappa shape index (κ1) is 23.7. The Morgan fingerprint density at radius 2 is 2.03 bits per heavy atom. The van der Waals surface area contributed by atoms with Gasteiger partial charge in [0.25, 0.3) is 0 Å². The number of aromatic amines is 1. The van der Waals surface area contributed by atoms with Crippen LogP contribution in [0.1, 0.15) is 37.1 Å². The SMILES string of the molecule is COC1=C(F)C(N2Cc3cnc4[nH]c(CN5CC(I)C5)cc4c3C(C)(C)C2=O)=C(F)C(OC)C1. The summed E-state index contributed by atoms with van der Waals surface area (Å²) in [6.07, 6.45) is 0.607. The molecule has 1 unspecified atom stereocenters. The number of H-pyrrole nitrogens is 1. The number of carbonyl (C=O) groups is 1. The predicted octanol–water partition coefficient (Wildman–Crippen LogP) is 4.23. The van der Waals surface area contributed by atoms with E-state index in [1.807, 2.05) is 0 Å². The van der Waals surface area contributed by atoms with Crippen LogP contribution in [0.15, 0.2) is 35.4 Å². The van der Waals surface area contributed by atoms with E-state index in [0.29, 0.717) is 9.57 Å². The molecular weight excluding hydrogens is 557 g/mol. The Labute approximate surface area is 210 Å². The van der Waals surface area contributed by atoms with E-state index in [9.17, 15) is 4.79 Å². The molecule has 5 rings (SSSR count). The van der Waals surface area contributed by atoms with Gasteiger partial charge in [-0.2, -0.15) is 0 Å². The van der Waals surface area contributed by atoms with E-state index in [1.165, 1.54) is 19.1 Å². The number of carbonyl (C=O) groups excluding carboxylic acids is 1. The van der Waals surface area contributed by atoms with Gasteiger partial charge in [0.15, 0.2) is 11.7 Å². The molecule has 0 radical (unpaired) electrons. The van der Waals surface area contributed by atoms with Crippen molar-refractivity contribution in [2.24, 2.45) is 0 Å². The molecule has 1 aliphatic carbocycles. The number of methoxy groups -OCH3 is 2. The third-order valence-electron chi connectivity index (χ3n) is 6.97. The van der Waals surface area contributed by atoms with Crippen LogP contribution in [0.2, 0.25) is 0 Å². The summed E-state index contributed by atoms with van der Waals surface area (Å²) in [5.74, 6) is -2.11. The van der Waals surface area contributed by atoms with Crippen LogP contribution < -0.4 is 0 Å². The monoisotopic (exact) mass is 584 g/mol. The Balaban J connectivity index is 1.57. The number of hydrogen-bond acceptors (Lipinski definition) is 5. The van der Waals surface area contributed by atoms with E-state index in [1.54, 1.807) is 20.0 Å². The lowest BCUT2D eigenvalue weighted by Crippen LogP contribution is -2.48. The molecular formula is C24H27F2IN4O3. The number of ether oxygens (including phenoxy) is 2. The minimum absolute atomic E-state index is 0.00723. The van der Waals surface area contributed by atoms with E-state index in [0.717, 1.165) is 41.8 Å². The largest absolute Gasteiger partial charge is 0.498 e. The van der Waals surface area contributed by atoms with Gasteiger partial charge >= 0.3 is 0 Å². The summed E-state index contributed by atoms with van der Waals surface area (Å²) in [6, 6.07) is 2.05. The van der Waals surface area contributed by atoms with Crippen LogP contribution in [-0.2, 0) is 32.8 Å². The first-order chi connectivity index (χ1) is 16.1. The quantitative estimate of drug-likeness (QED) is 0.421. The Bertz CT molecular complexity index is 1230. The molecule has 0 bridgehead atoms. The molecule has 7 nitrogen and oxygen atoms in total. The Morgan fingerprint density at radius 1 is 1.29 bits per heavy atom. The van der Waals surface area contributed by atoms with Crippen molar-refractivity contribution in [1.29, 1.82) is 0 Å². The molecule has 0 spiro atoms. The number of nitrogens with zero attached hydrogens (tertiary/aromatic N) is 3. The molecule has 1 N–H and O–H groups in total. The van der Waals surface area contributed by atoms with Gasteiger partial charge in [-0.1, -0.05) is 22.6 Å². The summed E-state index contributed by atoms with van der Waals surface area (Å²) in [5.41, 5.74) is 1.90. The lowest BCUT2D eigenvalue weighted by molar-refractivity contribution is -0.136. The van der Waals surface area contributed by atoms with E-state index >= 15 is 8.78 Å². The van der Waals surface area contributed by atoms with Crippen LogP contribution in [0.3, 0.4) is 0 Å². The third-order valence-corrected chi connectivity index (χ3v) is 7.75. The molecule has 2 aromatic heterocycles. The minimum atomic E-state index is -1.03. The number of amides is 1. The molecule has 3 aliphatic rings. The number of hydrogen-bond donors (Lipinski definition) is 1. The number of halogens is 3. The van der Waals surface area contributed by atoms with E-state index in [4.69, 9.17) is 9.47 Å². The second-order valence-electron chi connectivity index (χ2n) is 9.59. The first-order valence-corrected chi connectivity index (χ1v) is 12.4. The van der Waals surface area contributed by atoms with E-state index < -0.39 is 34.8 Å². The maximum Gasteiger partial charge on any atom is 0.237 e. The minimum Gasteiger partial charge on any atom is -0.498 e. The van der Waals surface area contributed by atoms with Crippen molar-refractivity contribution >= 4 is 39.5 Å². The topological polar surface area (TPSA) is 70.7 Å². The van der Waals surface area contributed by atoms with Gasteiger partial charge < -0.3 is 19.4 Å². The van der Waals surface area contributed by atoms with Crippen LogP contribution in [0.25, 0.3) is 11.0 Å². The lowest BCUT2D eigenvalue weighted by Gasteiger charge is -2.41. The van der Waals surface area contributed by atoms with Crippen LogP contribution >= 0.6 is 22.6 Å². The summed E-state index contributed by atoms with van der Waals surface area (Å²) in [6.45, 7) is 6.47. The predicted molar refractivity (Wildman–Crippen MR) is 131 cm³/mol. The molecule has 1 atom stereocenters. The summed E-state index contributed by atoms with van der Waals surface area (Å²) in [5, 5.41) is 0.874. The van der Waals surface area contributed by atoms with Crippen molar-refractivity contribution in [3.8, 4) is 0 Å². The third kappa shape index (κ3) is 3.65. The molecule has 2 aliphatic heterocycles. The summed E-state index contributed by atoms with van der Waals surface area (Å²) < 4.78 is 41.6. The average molecular weight is 584 g/mol. The highest BCUT2D eigenvalue weighted by Gasteiger charge is 2.46. The molecule has 0 aromatic carbocycles. The number of rotatable bonds is 5. The fraction of sp³-hybridized carbons (Fsp3) is 0.500. The molecule has 1 saturated heterocycles. The van der Waals surface area contributed by atoms with Crippen molar-refractivity contribution in [2.75, 3.05) is 27.3 Å². The molecule has 4 heterocycles. The zero-order valence-corrected chi connectivity index (χ0v) is 21.7. The number of fused-ring (bicyclic) bond motifs is 3. The lowest BCUT2D eigenvalue weighted by atomic mass is 9.76. The van der Waals surface area contributed by atoms with E-state index in [2.05, 4.69) is 43.5 Å². The van der Waals surface area contributed by atoms with Gasteiger partial charge in [0.2, 0.25) is 5.91 Å². The summed E-state index contributed by atoms with van der Waals surface area (Å²) in [7, 11) is 2.67. The second-order valence-corrected chi connectivity index (χ2v) is 11.4. The Morgan fingerprint density at radius 3 is 2.68 bits per heavy atom. The van der Waals surface area contributed by atoms with Gasteiger partial charge in [-0.05, 0) is 31.0 Å². The number of allylic oxidation sites excluding steroid dienone is 1. The van der Waals surface area contributed by atoms with Gasteiger partial charge in [-0.3, -0.25) is 9.69 Å². The van der Waals surface area contributed by atoms with E-state index in [-0.39, 0.29) is 18.7 Å². The van der Waals surface area contributed by atoms with Gasteiger partial charge in [0.1, 0.15) is 23.2 Å². The van der Waals surface area contributed by atoms with Crippen molar-refractivity contribution in [3.63, 3.8) is 0 Å². The molecule has 1 amide bonds. The molecule has 1 fully saturated rings. The van der Waals surface area contributed by atoms with Gasteiger partial charge in [0, 0.05) is 54.4 Å². The molecule has 182 valence electrons. The van der Waals surface area contributed by atoms with Crippen molar-refractivity contribution in [3.05, 3.63) is 52.2 Å². The van der Waals surface area contributed by atoms with Crippen LogP contribution in [0, 0.1) is 0 Å². The number of nitrogens with one attached hydrogen (secondary N) is 1. The highest BCUT2D eigenvalue weighted by atomic mass is 127. The fourth-order valence-electron chi connectivity index (χ4n) is 5.20. The van der Waals surface area contributed by atoms with Crippen molar-refractivity contribution < 1.29 is 23.0 Å². The van der Waals surface area contributed by atoms with Gasteiger partial charge in [0.05, 0.1) is 19.1 Å². The van der Waals surface area contributed by atoms with Crippen LogP contribution in [-0.4, -0.2) is 63.0 Å². The summed E-state index contributed by atoms with van der Waals surface area (Å²) >= 11 is 2.45. The first-order valence-electron chi connectivity index (χ1n) is 11.2. The zero-order chi connectivity index (χ0) is 24.4. The zero-order valence-electron chi connectivity index (χ0n) is 19.5. The molecule has 2 aromatic rings. The maximum atomic E-state index is 15.3. The Hall–Kier alpha value is -2.05. The molecule has 34 heavy (non-hydrogen) atoms. The van der Waals surface area contributed by atoms with Crippen molar-refractivity contribution in [1.82, 2.24) is 19.8 Å². The fourth-order valence-corrected chi connectivity index (χ4v) is 6.32. The number of aromatic nitrogens is 2. The van der Waals surface area contributed by atoms with Gasteiger partial charge in [-0.15, -0.1) is 0 Å². The number of alkyl halides is 1. The number of likely N-dealkylation sites (tertiary alicyclic amines) is 1. The second kappa shape index (κ2) is 8.56. The summed E-state index contributed by atoms with van der Waals surface area (Å²) in [4.78, 5) is 25.2. The Kier molecular flexibility index (Phi) is 5.96. The highest BCUT2D eigenvalue weighted by Crippen LogP contribution is 2.44. The van der Waals surface area contributed by atoms with Crippen LogP contribution in [0.5, 0.6) is 0 Å².